The van der Waals surface area contributed by atoms with Gasteiger partial charge in [0.05, 0.1) is 12.7 Å². The lowest BCUT2D eigenvalue weighted by Crippen LogP contribution is -2.17. The summed E-state index contributed by atoms with van der Waals surface area (Å²) in [5.41, 5.74) is 1.21. The van der Waals surface area contributed by atoms with Gasteiger partial charge < -0.3 is 14.6 Å². The van der Waals surface area contributed by atoms with Crippen LogP contribution in [0.2, 0.25) is 0 Å². The van der Waals surface area contributed by atoms with Gasteiger partial charge in [0.1, 0.15) is 6.10 Å². The first-order chi connectivity index (χ1) is 15.5. The van der Waals surface area contributed by atoms with Crippen molar-refractivity contribution in [3.8, 4) is 0 Å². The molecule has 182 valence electrons. The van der Waals surface area contributed by atoms with Crippen molar-refractivity contribution in [1.82, 2.24) is 0 Å². The second kappa shape index (κ2) is 18.7. The first kappa shape index (κ1) is 28.2. The highest BCUT2D eigenvalue weighted by Crippen LogP contribution is 2.19. The molecule has 0 fully saturated rings. The van der Waals surface area contributed by atoms with E-state index in [4.69, 9.17) is 14.6 Å². The first-order valence-electron chi connectivity index (χ1n) is 12.6. The minimum Gasteiger partial charge on any atom is -0.481 e. The Balaban J connectivity index is 2.33. The molecule has 5 nitrogen and oxygen atoms in total. The number of benzene rings is 1. The molecule has 5 heteroatoms. The highest BCUT2D eigenvalue weighted by molar-refractivity contribution is 5.66. The Morgan fingerprint density at radius 3 is 1.97 bits per heavy atom. The molecular weight excluding hydrogens is 404 g/mol. The third-order valence-electron chi connectivity index (χ3n) is 5.76. The fourth-order valence-electron chi connectivity index (χ4n) is 3.96. The van der Waals surface area contributed by atoms with E-state index in [1.807, 2.05) is 18.2 Å². The average molecular weight is 449 g/mol. The topological polar surface area (TPSA) is 72.8 Å². The van der Waals surface area contributed by atoms with Gasteiger partial charge in [0, 0.05) is 13.3 Å². The van der Waals surface area contributed by atoms with Crippen LogP contribution in [-0.4, -0.2) is 29.3 Å². The molecule has 0 saturated carbocycles. The van der Waals surface area contributed by atoms with Gasteiger partial charge in [-0.2, -0.15) is 0 Å². The molecule has 0 aliphatic rings. The summed E-state index contributed by atoms with van der Waals surface area (Å²) in [5.74, 6) is -0.951. The Bertz CT molecular complexity index is 601. The van der Waals surface area contributed by atoms with Gasteiger partial charge in [-0.1, -0.05) is 75.8 Å². The molecule has 0 spiro atoms. The van der Waals surface area contributed by atoms with Crippen LogP contribution in [0, 0.1) is 0 Å². The van der Waals surface area contributed by atoms with Gasteiger partial charge >= 0.3 is 11.9 Å². The van der Waals surface area contributed by atoms with Gasteiger partial charge in [-0.15, -0.1) is 0 Å². The number of hydrogen-bond acceptors (Lipinski definition) is 4. The molecule has 0 radical (unpaired) electrons. The van der Waals surface area contributed by atoms with E-state index in [9.17, 15) is 9.59 Å². The van der Waals surface area contributed by atoms with E-state index in [-0.39, 0.29) is 24.6 Å². The molecule has 0 aromatic heterocycles. The lowest BCUT2D eigenvalue weighted by atomic mass is 10.0. The molecule has 1 N–H and O–H groups in total. The largest absolute Gasteiger partial charge is 0.481 e. The smallest absolute Gasteiger partial charge is 0.303 e. The van der Waals surface area contributed by atoms with Crippen molar-refractivity contribution in [2.75, 3.05) is 0 Å². The Morgan fingerprint density at radius 1 is 0.812 bits per heavy atom. The summed E-state index contributed by atoms with van der Waals surface area (Å²) >= 11 is 0. The van der Waals surface area contributed by atoms with E-state index in [1.165, 1.54) is 31.7 Å². The van der Waals surface area contributed by atoms with E-state index in [0.717, 1.165) is 64.2 Å². The van der Waals surface area contributed by atoms with Crippen LogP contribution in [-0.2, 0) is 25.7 Å². The van der Waals surface area contributed by atoms with Crippen LogP contribution < -0.4 is 0 Å². The zero-order chi connectivity index (χ0) is 23.4. The van der Waals surface area contributed by atoms with Gasteiger partial charge in [-0.05, 0) is 50.5 Å². The number of unbranched alkanes of at least 4 members (excludes halogenated alkanes) is 6. The standard InChI is InChI=1S/C27H44O5/c1-3-4-8-17-25(31-22-24-15-9-7-10-16-24)18-13-14-20-26(32-23(2)28)19-11-5-6-12-21-27(29)30/h7,9-10,15-16,25-26H,3-6,8,11-14,17-22H2,1-2H3,(H,29,30). The quantitative estimate of drug-likeness (QED) is 0.171. The Hall–Kier alpha value is -1.88. The van der Waals surface area contributed by atoms with Gasteiger partial charge in [-0.3, -0.25) is 9.59 Å². The summed E-state index contributed by atoms with van der Waals surface area (Å²) in [7, 11) is 0. The maximum absolute atomic E-state index is 11.5. The number of hydrogen-bond donors (Lipinski definition) is 1. The molecule has 2 atom stereocenters. The van der Waals surface area contributed by atoms with Crippen molar-refractivity contribution in [3.63, 3.8) is 0 Å². The zero-order valence-corrected chi connectivity index (χ0v) is 20.2. The maximum atomic E-state index is 11.5. The monoisotopic (exact) mass is 448 g/mol. The van der Waals surface area contributed by atoms with Crippen molar-refractivity contribution < 1.29 is 24.2 Å². The molecule has 0 heterocycles. The van der Waals surface area contributed by atoms with Crippen LogP contribution in [0.1, 0.15) is 109 Å². The number of esters is 1. The zero-order valence-electron chi connectivity index (χ0n) is 20.2. The minimum atomic E-state index is -0.733. The molecule has 0 aliphatic carbocycles. The molecule has 1 aromatic rings. The molecular formula is C27H44O5. The van der Waals surface area contributed by atoms with E-state index >= 15 is 0 Å². The SMILES string of the molecule is CCCCCC(CCCCC(CCCCCCC(=O)O)OC(C)=O)OCc1ccccc1. The first-order valence-corrected chi connectivity index (χ1v) is 12.6. The Kier molecular flexibility index (Phi) is 16.4. The number of ether oxygens (including phenoxy) is 2. The molecule has 1 aromatic carbocycles. The van der Waals surface area contributed by atoms with E-state index < -0.39 is 5.97 Å². The molecule has 0 bridgehead atoms. The van der Waals surface area contributed by atoms with Gasteiger partial charge in [0.2, 0.25) is 0 Å². The van der Waals surface area contributed by atoms with Gasteiger partial charge in [0.25, 0.3) is 0 Å². The third kappa shape index (κ3) is 15.9. The lowest BCUT2D eigenvalue weighted by molar-refractivity contribution is -0.147. The van der Waals surface area contributed by atoms with Crippen molar-refractivity contribution in [2.24, 2.45) is 0 Å². The van der Waals surface area contributed by atoms with E-state index in [0.29, 0.717) is 6.61 Å². The summed E-state index contributed by atoms with van der Waals surface area (Å²) in [5, 5.41) is 8.70. The van der Waals surface area contributed by atoms with Crippen molar-refractivity contribution in [1.29, 1.82) is 0 Å². The summed E-state index contributed by atoms with van der Waals surface area (Å²) < 4.78 is 11.8. The second-order valence-corrected chi connectivity index (χ2v) is 8.78. The van der Waals surface area contributed by atoms with Crippen molar-refractivity contribution in [3.05, 3.63) is 35.9 Å². The Morgan fingerprint density at radius 2 is 1.38 bits per heavy atom. The molecule has 32 heavy (non-hydrogen) atoms. The fraction of sp³-hybridized carbons (Fsp3) is 0.704. The molecule has 0 aliphatic heterocycles. The normalized spacial score (nSPS) is 12.9. The van der Waals surface area contributed by atoms with Gasteiger partial charge in [0.15, 0.2) is 0 Å². The van der Waals surface area contributed by atoms with Crippen LogP contribution in [0.5, 0.6) is 0 Å². The highest BCUT2D eigenvalue weighted by atomic mass is 16.5. The van der Waals surface area contributed by atoms with Crippen LogP contribution in [0.25, 0.3) is 0 Å². The van der Waals surface area contributed by atoms with Crippen LogP contribution in [0.4, 0.5) is 0 Å². The summed E-state index contributed by atoms with van der Waals surface area (Å²) in [6.07, 6.45) is 13.7. The fourth-order valence-corrected chi connectivity index (χ4v) is 3.96. The Labute approximate surface area is 194 Å². The van der Waals surface area contributed by atoms with Crippen LogP contribution >= 0.6 is 0 Å². The number of carboxylic acid groups (broad SMARTS) is 1. The van der Waals surface area contributed by atoms with Crippen molar-refractivity contribution in [2.45, 2.75) is 123 Å². The molecule has 2 unspecified atom stereocenters. The number of aliphatic carboxylic acids is 1. The summed E-state index contributed by atoms with van der Waals surface area (Å²) in [6.45, 7) is 4.36. The second-order valence-electron chi connectivity index (χ2n) is 8.78. The average Bonchev–Trinajstić information content (AvgIpc) is 2.76. The molecule has 0 saturated heterocycles. The highest BCUT2D eigenvalue weighted by Gasteiger charge is 2.14. The van der Waals surface area contributed by atoms with Crippen molar-refractivity contribution >= 4 is 11.9 Å². The maximum Gasteiger partial charge on any atom is 0.303 e. The number of carboxylic acids is 1. The van der Waals surface area contributed by atoms with E-state index in [1.54, 1.807) is 0 Å². The number of carbonyl (C=O) groups is 2. The van der Waals surface area contributed by atoms with Crippen LogP contribution in [0.15, 0.2) is 30.3 Å². The lowest BCUT2D eigenvalue weighted by Gasteiger charge is -2.20. The van der Waals surface area contributed by atoms with E-state index in [2.05, 4.69) is 19.1 Å². The molecule has 1 rings (SSSR count). The predicted octanol–water partition coefficient (Wildman–Crippen LogP) is 7.07. The number of rotatable bonds is 20. The number of carbonyl (C=O) groups excluding carboxylic acids is 1. The summed E-state index contributed by atoms with van der Waals surface area (Å²) in [6, 6.07) is 10.3. The minimum absolute atomic E-state index is 0.0317. The van der Waals surface area contributed by atoms with Gasteiger partial charge in [-0.25, -0.2) is 0 Å². The third-order valence-corrected chi connectivity index (χ3v) is 5.76. The van der Waals surface area contributed by atoms with Crippen LogP contribution in [0.3, 0.4) is 0 Å². The molecule has 0 amide bonds. The summed E-state index contributed by atoms with van der Waals surface area (Å²) in [4.78, 5) is 22.0. The predicted molar refractivity (Wildman–Crippen MR) is 129 cm³/mol.